The van der Waals surface area contributed by atoms with Gasteiger partial charge < -0.3 is 10.2 Å². The molecule has 2 aromatic heterocycles. The van der Waals surface area contributed by atoms with E-state index in [4.69, 9.17) is 0 Å². The molecule has 2 aromatic carbocycles. The fourth-order valence-corrected chi connectivity index (χ4v) is 5.70. The fraction of sp³-hybridized carbons (Fsp3) is 0.240. The van der Waals surface area contributed by atoms with Crippen molar-refractivity contribution in [3.05, 3.63) is 78.1 Å². The molecule has 0 bridgehead atoms. The second-order valence-corrected chi connectivity index (χ2v) is 10.3. The maximum atomic E-state index is 13.4. The minimum Gasteiger partial charge on any atom is -0.354 e. The highest BCUT2D eigenvalue weighted by Gasteiger charge is 2.30. The first kappa shape index (κ1) is 22.2. The summed E-state index contributed by atoms with van der Waals surface area (Å²) in [7, 11) is -3.66. The summed E-state index contributed by atoms with van der Waals surface area (Å²) < 4.78 is 28.4. The molecule has 1 fully saturated rings. The van der Waals surface area contributed by atoms with E-state index in [0.29, 0.717) is 37.6 Å². The van der Waals surface area contributed by atoms with Crippen molar-refractivity contribution in [2.75, 3.05) is 36.4 Å². The Bertz CT molecular complexity index is 1430. The minimum absolute atomic E-state index is 0.251. The number of aromatic nitrogens is 3. The fourth-order valence-electron chi connectivity index (χ4n) is 4.12. The Morgan fingerprint density at radius 1 is 0.882 bits per heavy atom. The molecule has 34 heavy (non-hydrogen) atoms. The van der Waals surface area contributed by atoms with Gasteiger partial charge in [0.05, 0.1) is 5.52 Å². The van der Waals surface area contributed by atoms with Crippen molar-refractivity contribution >= 4 is 38.4 Å². The van der Waals surface area contributed by atoms with Gasteiger partial charge in [-0.2, -0.15) is 9.29 Å². The van der Waals surface area contributed by atoms with Crippen molar-refractivity contribution in [3.8, 4) is 0 Å². The first-order valence-electron chi connectivity index (χ1n) is 11.2. The smallest absolute Gasteiger partial charge is 0.245 e. The molecular weight excluding hydrogens is 448 g/mol. The lowest BCUT2D eigenvalue weighted by Gasteiger charge is -2.35. The van der Waals surface area contributed by atoms with Crippen LogP contribution in [0, 0.1) is 13.8 Å². The normalized spacial score (nSPS) is 14.9. The van der Waals surface area contributed by atoms with E-state index in [1.165, 1.54) is 9.87 Å². The van der Waals surface area contributed by atoms with Gasteiger partial charge in [0.25, 0.3) is 0 Å². The first-order valence-corrected chi connectivity index (χ1v) is 12.6. The molecule has 0 unspecified atom stereocenters. The molecule has 9 heteroatoms. The van der Waals surface area contributed by atoms with Crippen molar-refractivity contribution in [2.45, 2.75) is 18.7 Å². The standard InChI is InChI=1S/C25H26N6O2S/c1-18-8-10-21(11-9-18)28-25-27-19(2)17-23(29-25)30-13-15-31(16-14-30)34(32,33)22-7-3-5-20-6-4-12-26-24(20)22/h3-12,17H,13-16H2,1-2H3,(H,27,28,29). The van der Waals surface area contributed by atoms with Crippen LogP contribution < -0.4 is 10.2 Å². The van der Waals surface area contributed by atoms with Gasteiger partial charge >= 0.3 is 0 Å². The number of para-hydroxylation sites is 1. The van der Waals surface area contributed by atoms with Gasteiger partial charge in [-0.15, -0.1) is 0 Å². The molecule has 1 saturated heterocycles. The number of hydrogen-bond donors (Lipinski definition) is 1. The van der Waals surface area contributed by atoms with Crippen LogP contribution in [0.1, 0.15) is 11.3 Å². The number of nitrogens with zero attached hydrogens (tertiary/aromatic N) is 5. The summed E-state index contributed by atoms with van der Waals surface area (Å²) in [6.07, 6.45) is 1.62. The summed E-state index contributed by atoms with van der Waals surface area (Å²) in [5.74, 6) is 1.31. The zero-order valence-electron chi connectivity index (χ0n) is 19.1. The van der Waals surface area contributed by atoms with Gasteiger partial charge in [0.2, 0.25) is 16.0 Å². The topological polar surface area (TPSA) is 91.3 Å². The van der Waals surface area contributed by atoms with Crippen molar-refractivity contribution < 1.29 is 8.42 Å². The van der Waals surface area contributed by atoms with E-state index in [0.717, 1.165) is 22.6 Å². The third-order valence-electron chi connectivity index (χ3n) is 5.92. The van der Waals surface area contributed by atoms with Crippen LogP contribution in [0.5, 0.6) is 0 Å². The summed E-state index contributed by atoms with van der Waals surface area (Å²) in [4.78, 5) is 15.9. The van der Waals surface area contributed by atoms with Gasteiger partial charge in [0.1, 0.15) is 10.7 Å². The Hall–Kier alpha value is -3.56. The van der Waals surface area contributed by atoms with Crippen molar-refractivity contribution in [2.24, 2.45) is 0 Å². The summed E-state index contributed by atoms with van der Waals surface area (Å²) in [5, 5.41) is 4.07. The Balaban J connectivity index is 1.33. The predicted molar refractivity (Wildman–Crippen MR) is 134 cm³/mol. The van der Waals surface area contributed by atoms with Gasteiger partial charge in [-0.3, -0.25) is 4.98 Å². The molecule has 1 aliphatic heterocycles. The lowest BCUT2D eigenvalue weighted by molar-refractivity contribution is 0.384. The van der Waals surface area contributed by atoms with Crippen LogP contribution in [0.3, 0.4) is 0 Å². The van der Waals surface area contributed by atoms with Crippen LogP contribution in [0.25, 0.3) is 10.9 Å². The van der Waals surface area contributed by atoms with Gasteiger partial charge in [0.15, 0.2) is 0 Å². The monoisotopic (exact) mass is 474 g/mol. The second kappa shape index (κ2) is 9.00. The van der Waals surface area contributed by atoms with Gasteiger partial charge in [-0.1, -0.05) is 35.9 Å². The average Bonchev–Trinajstić information content (AvgIpc) is 2.85. The number of sulfonamides is 1. The number of pyridine rings is 1. The number of benzene rings is 2. The number of nitrogens with one attached hydrogen (secondary N) is 1. The van der Waals surface area contributed by atoms with Crippen LogP contribution >= 0.6 is 0 Å². The van der Waals surface area contributed by atoms with E-state index in [1.54, 1.807) is 18.3 Å². The maximum absolute atomic E-state index is 13.4. The number of rotatable bonds is 5. The number of hydrogen-bond acceptors (Lipinski definition) is 7. The van der Waals surface area contributed by atoms with Crippen molar-refractivity contribution in [3.63, 3.8) is 0 Å². The lowest BCUT2D eigenvalue weighted by atomic mass is 10.2. The molecule has 0 saturated carbocycles. The second-order valence-electron chi connectivity index (χ2n) is 8.40. The van der Waals surface area contributed by atoms with Crippen molar-refractivity contribution in [1.82, 2.24) is 19.3 Å². The molecule has 0 atom stereocenters. The summed E-state index contributed by atoms with van der Waals surface area (Å²) >= 11 is 0. The molecule has 3 heterocycles. The van der Waals surface area contributed by atoms with E-state index in [-0.39, 0.29) is 4.90 Å². The highest BCUT2D eigenvalue weighted by Crippen LogP contribution is 2.26. The highest BCUT2D eigenvalue weighted by atomic mass is 32.2. The van der Waals surface area contributed by atoms with Gasteiger partial charge in [-0.25, -0.2) is 13.4 Å². The molecule has 0 amide bonds. The molecular formula is C25H26N6O2S. The Morgan fingerprint density at radius 2 is 1.62 bits per heavy atom. The predicted octanol–water partition coefficient (Wildman–Crippen LogP) is 3.90. The zero-order chi connectivity index (χ0) is 23.7. The van der Waals surface area contributed by atoms with E-state index in [1.807, 2.05) is 62.4 Å². The Labute approximate surface area is 199 Å². The number of aryl methyl sites for hydroxylation is 2. The molecule has 0 aliphatic carbocycles. The lowest BCUT2D eigenvalue weighted by Crippen LogP contribution is -2.49. The van der Waals surface area contributed by atoms with Crippen LogP contribution in [-0.2, 0) is 10.0 Å². The Morgan fingerprint density at radius 3 is 2.38 bits per heavy atom. The van der Waals surface area contributed by atoms with E-state index in [9.17, 15) is 8.42 Å². The summed E-state index contributed by atoms with van der Waals surface area (Å²) in [5.41, 5.74) is 3.45. The summed E-state index contributed by atoms with van der Waals surface area (Å²) in [6.45, 7) is 5.79. The van der Waals surface area contributed by atoms with E-state index >= 15 is 0 Å². The number of anilines is 3. The molecule has 0 radical (unpaired) electrons. The quantitative estimate of drug-likeness (QED) is 0.469. The molecule has 174 valence electrons. The van der Waals surface area contributed by atoms with Gasteiger partial charge in [-0.05, 0) is 38.1 Å². The zero-order valence-corrected chi connectivity index (χ0v) is 20.0. The molecule has 1 N–H and O–H groups in total. The van der Waals surface area contributed by atoms with Crippen molar-refractivity contribution in [1.29, 1.82) is 0 Å². The first-order chi connectivity index (χ1) is 16.4. The third kappa shape index (κ3) is 4.44. The SMILES string of the molecule is Cc1ccc(Nc2nc(C)cc(N3CCN(S(=O)(=O)c4cccc5cccnc45)CC3)n2)cc1. The molecule has 5 rings (SSSR count). The molecule has 0 spiro atoms. The van der Waals surface area contributed by atoms with Gasteiger partial charge in [0, 0.05) is 55.2 Å². The van der Waals surface area contributed by atoms with E-state index in [2.05, 4.69) is 25.2 Å². The van der Waals surface area contributed by atoms with E-state index < -0.39 is 10.0 Å². The van der Waals surface area contributed by atoms with Crippen LogP contribution in [-0.4, -0.2) is 53.9 Å². The molecule has 1 aliphatic rings. The Kier molecular flexibility index (Phi) is 5.89. The maximum Gasteiger partial charge on any atom is 0.245 e. The summed E-state index contributed by atoms with van der Waals surface area (Å²) in [6, 6.07) is 18.9. The average molecular weight is 475 g/mol. The molecule has 8 nitrogen and oxygen atoms in total. The molecule has 4 aromatic rings. The minimum atomic E-state index is -3.66. The van der Waals surface area contributed by atoms with Crippen LogP contribution in [0.4, 0.5) is 17.5 Å². The highest BCUT2D eigenvalue weighted by molar-refractivity contribution is 7.89. The third-order valence-corrected chi connectivity index (χ3v) is 7.85. The number of piperazine rings is 1. The van der Waals surface area contributed by atoms with Crippen LogP contribution in [0.2, 0.25) is 0 Å². The van der Waals surface area contributed by atoms with Crippen LogP contribution in [0.15, 0.2) is 71.8 Å². The number of fused-ring (bicyclic) bond motifs is 1. The largest absolute Gasteiger partial charge is 0.354 e.